The minimum absolute atomic E-state index is 0.116. The number of nitrogens with zero attached hydrogens (tertiary/aromatic N) is 4. The van der Waals surface area contributed by atoms with Gasteiger partial charge in [0.25, 0.3) is 11.5 Å². The number of rotatable bonds is 4. The van der Waals surface area contributed by atoms with Gasteiger partial charge in [-0.05, 0) is 37.6 Å². The zero-order valence-corrected chi connectivity index (χ0v) is 18.0. The van der Waals surface area contributed by atoms with Gasteiger partial charge in [-0.15, -0.1) is 0 Å². The lowest BCUT2D eigenvalue weighted by Crippen LogP contribution is -2.50. The Morgan fingerprint density at radius 2 is 1.97 bits per heavy atom. The highest BCUT2D eigenvalue weighted by Crippen LogP contribution is 2.25. The van der Waals surface area contributed by atoms with E-state index in [4.69, 9.17) is 11.5 Å². The van der Waals surface area contributed by atoms with Gasteiger partial charge in [0.1, 0.15) is 23.7 Å². The van der Waals surface area contributed by atoms with Crippen molar-refractivity contribution in [3.8, 4) is 0 Å². The molecule has 1 unspecified atom stereocenters. The number of hydrogen-bond acceptors (Lipinski definition) is 5. The largest absolute Gasteiger partial charge is 0.400 e. The summed E-state index contributed by atoms with van der Waals surface area (Å²) in [5.74, 6) is -2.35. The Bertz CT molecular complexity index is 1230. The maximum atomic E-state index is 13.7. The Morgan fingerprint density at radius 1 is 1.27 bits per heavy atom. The van der Waals surface area contributed by atoms with E-state index in [1.165, 1.54) is 36.3 Å². The number of amides is 1. The van der Waals surface area contributed by atoms with Crippen LogP contribution in [0.25, 0.3) is 0 Å². The lowest BCUT2D eigenvalue weighted by molar-refractivity contribution is -0.125. The average molecular weight is 455 g/mol. The van der Waals surface area contributed by atoms with Gasteiger partial charge in [0.2, 0.25) is 0 Å². The lowest BCUT2D eigenvalue weighted by atomic mass is 9.91. The van der Waals surface area contributed by atoms with E-state index < -0.39 is 29.1 Å². The number of carbonyl (C=O) groups excluding carboxylic acids is 1. The molecule has 33 heavy (non-hydrogen) atoms. The number of aromatic amines is 1. The summed E-state index contributed by atoms with van der Waals surface area (Å²) in [5, 5.41) is 0. The maximum absolute atomic E-state index is 13.7. The van der Waals surface area contributed by atoms with Crippen LogP contribution in [0.15, 0.2) is 67.6 Å². The summed E-state index contributed by atoms with van der Waals surface area (Å²) in [5.41, 5.74) is 13.4. The normalized spacial score (nSPS) is 17.7. The quantitative estimate of drug-likeness (QED) is 0.476. The van der Waals surface area contributed by atoms with Gasteiger partial charge in [0.15, 0.2) is 5.84 Å². The topological polar surface area (TPSA) is 142 Å². The third kappa shape index (κ3) is 5.20. The van der Waals surface area contributed by atoms with Crippen LogP contribution in [0, 0.1) is 11.6 Å². The number of benzene rings is 1. The molecule has 0 spiro atoms. The summed E-state index contributed by atoms with van der Waals surface area (Å²) in [6.07, 6.45) is 2.79. The van der Waals surface area contributed by atoms with Crippen LogP contribution in [0.5, 0.6) is 0 Å². The number of hydrogen-bond donors (Lipinski definition) is 3. The SMILES string of the molecule is CN=C(C1=C(N)C(C)N(C(=O)C(N)=NC=Nc2ccc[nH]c2=O)CC1)c1cc(F)cc(F)c1. The van der Waals surface area contributed by atoms with Crippen molar-refractivity contribution in [3.63, 3.8) is 0 Å². The van der Waals surface area contributed by atoms with Gasteiger partial charge in [-0.3, -0.25) is 14.6 Å². The second-order valence-corrected chi connectivity index (χ2v) is 7.23. The van der Waals surface area contributed by atoms with E-state index in [1.54, 1.807) is 13.0 Å². The minimum atomic E-state index is -0.728. The van der Waals surface area contributed by atoms with Crippen molar-refractivity contribution in [2.75, 3.05) is 13.6 Å². The standard InChI is InChI=1S/C22H23F2N7O2/c1-12-18(25)16(19(27-2)13-8-14(23)10-15(24)9-13)5-7-31(12)22(33)20(26)30-11-29-17-4-3-6-28-21(17)32/h3-4,6,8-12H,5,7,25H2,1-2H3,(H,28,32)(H2,26,29,30). The van der Waals surface area contributed by atoms with Crippen LogP contribution in [0.3, 0.4) is 0 Å². The molecule has 2 heterocycles. The summed E-state index contributed by atoms with van der Waals surface area (Å²) in [4.78, 5) is 40.2. The molecule has 0 radical (unpaired) electrons. The molecule has 1 amide bonds. The predicted molar refractivity (Wildman–Crippen MR) is 123 cm³/mol. The van der Waals surface area contributed by atoms with Gasteiger partial charge in [0, 0.05) is 42.7 Å². The van der Waals surface area contributed by atoms with Gasteiger partial charge in [-0.2, -0.15) is 0 Å². The zero-order valence-electron chi connectivity index (χ0n) is 18.0. The van der Waals surface area contributed by atoms with Crippen LogP contribution in [0.1, 0.15) is 18.9 Å². The van der Waals surface area contributed by atoms with Crippen LogP contribution in [-0.2, 0) is 4.79 Å². The number of nitrogens with one attached hydrogen (secondary N) is 1. The molecule has 2 aromatic rings. The van der Waals surface area contributed by atoms with E-state index in [0.29, 0.717) is 23.4 Å². The van der Waals surface area contributed by atoms with Crippen molar-refractivity contribution < 1.29 is 13.6 Å². The zero-order chi connectivity index (χ0) is 24.1. The van der Waals surface area contributed by atoms with Crippen molar-refractivity contribution >= 4 is 29.5 Å². The summed E-state index contributed by atoms with van der Waals surface area (Å²) in [6.45, 7) is 1.94. The second-order valence-electron chi connectivity index (χ2n) is 7.23. The molecule has 0 aliphatic carbocycles. The third-order valence-electron chi connectivity index (χ3n) is 5.19. The molecule has 1 aromatic heterocycles. The number of pyridine rings is 1. The van der Waals surface area contributed by atoms with Crippen molar-refractivity contribution in [1.82, 2.24) is 9.88 Å². The van der Waals surface area contributed by atoms with E-state index in [9.17, 15) is 18.4 Å². The van der Waals surface area contributed by atoms with Gasteiger partial charge in [-0.25, -0.2) is 18.8 Å². The van der Waals surface area contributed by atoms with Crippen molar-refractivity contribution in [1.29, 1.82) is 0 Å². The molecule has 0 saturated carbocycles. The fourth-order valence-electron chi connectivity index (χ4n) is 3.52. The smallest absolute Gasteiger partial charge is 0.289 e. The molecule has 0 fully saturated rings. The third-order valence-corrected chi connectivity index (χ3v) is 5.19. The highest BCUT2D eigenvalue weighted by atomic mass is 19.1. The van der Waals surface area contributed by atoms with Crippen molar-refractivity contribution in [2.24, 2.45) is 26.4 Å². The first kappa shape index (κ1) is 23.5. The first-order valence-corrected chi connectivity index (χ1v) is 9.99. The number of halogens is 2. The second kappa shape index (κ2) is 9.98. The highest BCUT2D eigenvalue weighted by molar-refractivity contribution is 6.38. The Hall–Kier alpha value is -4.15. The number of H-pyrrole nitrogens is 1. The van der Waals surface area contributed by atoms with Gasteiger partial charge in [-0.1, -0.05) is 0 Å². The Balaban J connectivity index is 1.81. The predicted octanol–water partition coefficient (Wildman–Crippen LogP) is 1.62. The fourth-order valence-corrected chi connectivity index (χ4v) is 3.52. The summed E-state index contributed by atoms with van der Waals surface area (Å²) < 4.78 is 27.4. The minimum Gasteiger partial charge on any atom is -0.400 e. The van der Waals surface area contributed by atoms with Gasteiger partial charge in [0.05, 0.1) is 11.8 Å². The Kier molecular flexibility index (Phi) is 7.11. The molecule has 0 bridgehead atoms. The average Bonchev–Trinajstić information content (AvgIpc) is 2.77. The van der Waals surface area contributed by atoms with Crippen molar-refractivity contribution in [2.45, 2.75) is 19.4 Å². The van der Waals surface area contributed by atoms with E-state index >= 15 is 0 Å². The Morgan fingerprint density at radius 3 is 2.61 bits per heavy atom. The number of aromatic nitrogens is 1. The molecule has 172 valence electrons. The molecule has 1 aliphatic rings. The molecule has 3 rings (SSSR count). The molecular weight excluding hydrogens is 432 g/mol. The number of amidine groups is 1. The Labute approximate surface area is 188 Å². The molecule has 1 aliphatic heterocycles. The molecule has 1 atom stereocenters. The number of carbonyl (C=O) groups is 1. The molecule has 9 nitrogen and oxygen atoms in total. The molecule has 0 saturated heterocycles. The van der Waals surface area contributed by atoms with Crippen LogP contribution in [-0.4, -0.2) is 53.3 Å². The maximum Gasteiger partial charge on any atom is 0.289 e. The molecular formula is C22H23F2N7O2. The van der Waals surface area contributed by atoms with Crippen LogP contribution < -0.4 is 17.0 Å². The number of nitrogens with two attached hydrogens (primary N) is 2. The highest BCUT2D eigenvalue weighted by Gasteiger charge is 2.31. The van der Waals surface area contributed by atoms with E-state index in [0.717, 1.165) is 12.4 Å². The number of aliphatic imine (C=N–C) groups is 3. The summed E-state index contributed by atoms with van der Waals surface area (Å²) >= 11 is 0. The fraction of sp³-hybridized carbons (Fsp3) is 0.227. The van der Waals surface area contributed by atoms with Gasteiger partial charge < -0.3 is 21.4 Å². The molecule has 11 heteroatoms. The van der Waals surface area contributed by atoms with Crippen LogP contribution in [0.2, 0.25) is 0 Å². The summed E-state index contributed by atoms with van der Waals surface area (Å²) in [6, 6.07) is 5.64. The van der Waals surface area contributed by atoms with Crippen LogP contribution >= 0.6 is 0 Å². The van der Waals surface area contributed by atoms with E-state index in [2.05, 4.69) is 20.0 Å². The van der Waals surface area contributed by atoms with E-state index in [-0.39, 0.29) is 23.6 Å². The lowest BCUT2D eigenvalue weighted by Gasteiger charge is -2.35. The monoisotopic (exact) mass is 455 g/mol. The van der Waals surface area contributed by atoms with E-state index in [1.807, 2.05) is 0 Å². The van der Waals surface area contributed by atoms with Crippen molar-refractivity contribution in [3.05, 3.63) is 75.4 Å². The molecule has 1 aromatic carbocycles. The van der Waals surface area contributed by atoms with Crippen LogP contribution in [0.4, 0.5) is 14.5 Å². The first-order chi connectivity index (χ1) is 15.7. The summed E-state index contributed by atoms with van der Waals surface area (Å²) in [7, 11) is 1.50. The van der Waals surface area contributed by atoms with Gasteiger partial charge >= 0.3 is 0 Å². The first-order valence-electron chi connectivity index (χ1n) is 9.99. The molecule has 5 N–H and O–H groups in total.